The smallest absolute Gasteiger partial charge is 0.341 e. The molecule has 0 bridgehead atoms. The van der Waals surface area contributed by atoms with E-state index < -0.39 is 5.97 Å². The monoisotopic (exact) mass is 279 g/mol. The van der Waals surface area contributed by atoms with Crippen LogP contribution in [-0.4, -0.2) is 27.4 Å². The number of nitrogens with one attached hydrogen (secondary N) is 1. The first-order valence-corrected chi connectivity index (χ1v) is 7.49. The van der Waals surface area contributed by atoms with E-state index in [0.29, 0.717) is 17.1 Å². The highest BCUT2D eigenvalue weighted by molar-refractivity contribution is 5.94. The van der Waals surface area contributed by atoms with E-state index in [9.17, 15) is 9.90 Å². The number of hydrogen-bond acceptors (Lipinski definition) is 3. The van der Waals surface area contributed by atoms with Crippen LogP contribution in [0.5, 0.6) is 0 Å². The Morgan fingerprint density at radius 3 is 2.65 bits per heavy atom. The fourth-order valence-electron chi connectivity index (χ4n) is 3.13. The first-order chi connectivity index (χ1) is 9.49. The zero-order valence-electron chi connectivity index (χ0n) is 12.6. The number of carboxylic acid groups (broad SMARTS) is 1. The van der Waals surface area contributed by atoms with Crippen LogP contribution in [0.4, 0.5) is 5.82 Å². The molecule has 2 rings (SSSR count). The molecule has 2 N–H and O–H groups in total. The number of rotatable bonds is 5. The Hall–Kier alpha value is -1.52. The Morgan fingerprint density at radius 2 is 2.05 bits per heavy atom. The molecule has 1 heterocycles. The Bertz CT molecular complexity index is 474. The molecule has 0 spiro atoms. The van der Waals surface area contributed by atoms with Crippen molar-refractivity contribution in [1.29, 1.82) is 0 Å². The molecule has 1 aliphatic carbocycles. The fraction of sp³-hybridized carbons (Fsp3) is 0.733. The predicted octanol–water partition coefficient (Wildman–Crippen LogP) is 3.06. The maximum Gasteiger partial charge on any atom is 0.341 e. The fourth-order valence-corrected chi connectivity index (χ4v) is 3.13. The number of carbonyl (C=O) groups is 1. The van der Waals surface area contributed by atoms with Crippen LogP contribution in [0.1, 0.15) is 55.1 Å². The van der Waals surface area contributed by atoms with E-state index in [0.717, 1.165) is 24.8 Å². The highest BCUT2D eigenvalue weighted by Crippen LogP contribution is 2.30. The minimum atomic E-state index is -0.912. The third-order valence-corrected chi connectivity index (χ3v) is 4.42. The average Bonchev–Trinajstić information content (AvgIpc) is 2.66. The summed E-state index contributed by atoms with van der Waals surface area (Å²) in [6, 6.07) is 0. The number of nitrogens with zero attached hydrogens (tertiary/aromatic N) is 2. The van der Waals surface area contributed by atoms with Gasteiger partial charge in [-0.2, -0.15) is 5.10 Å². The Labute approximate surface area is 120 Å². The van der Waals surface area contributed by atoms with Crippen LogP contribution >= 0.6 is 0 Å². The maximum atomic E-state index is 11.3. The van der Waals surface area contributed by atoms with Gasteiger partial charge in [0.05, 0.1) is 5.69 Å². The van der Waals surface area contributed by atoms with Gasteiger partial charge < -0.3 is 10.4 Å². The molecule has 0 radical (unpaired) electrons. The van der Waals surface area contributed by atoms with Gasteiger partial charge in [-0.15, -0.1) is 0 Å². The third-order valence-electron chi connectivity index (χ3n) is 4.42. The first kappa shape index (κ1) is 14.9. The second-order valence-electron chi connectivity index (χ2n) is 6.08. The van der Waals surface area contributed by atoms with Crippen molar-refractivity contribution in [3.8, 4) is 0 Å². The van der Waals surface area contributed by atoms with Gasteiger partial charge in [-0.05, 0) is 25.2 Å². The van der Waals surface area contributed by atoms with Crippen LogP contribution in [0, 0.1) is 18.8 Å². The van der Waals surface area contributed by atoms with E-state index >= 15 is 0 Å². The van der Waals surface area contributed by atoms with E-state index in [1.807, 2.05) is 0 Å². The lowest BCUT2D eigenvalue weighted by atomic mass is 9.81. The summed E-state index contributed by atoms with van der Waals surface area (Å²) in [5.74, 6) is 1.36. The van der Waals surface area contributed by atoms with Gasteiger partial charge in [-0.1, -0.05) is 32.6 Å². The van der Waals surface area contributed by atoms with Gasteiger partial charge >= 0.3 is 5.97 Å². The van der Waals surface area contributed by atoms with Gasteiger partial charge in [-0.25, -0.2) is 4.79 Å². The van der Waals surface area contributed by atoms with Crippen molar-refractivity contribution in [2.45, 2.75) is 46.0 Å². The molecule has 1 aromatic rings. The second-order valence-corrected chi connectivity index (χ2v) is 6.08. The minimum absolute atomic E-state index is 0.296. The summed E-state index contributed by atoms with van der Waals surface area (Å²) in [7, 11) is 1.78. The summed E-state index contributed by atoms with van der Waals surface area (Å²) >= 11 is 0. The molecule has 0 atom stereocenters. The van der Waals surface area contributed by atoms with Gasteiger partial charge in [0.2, 0.25) is 0 Å². The number of aromatic carboxylic acids is 1. The molecule has 0 saturated heterocycles. The standard InChI is InChI=1S/C15H25N3O2/c1-10-4-6-12(7-5-10)8-9-16-14-13(15(19)20)11(2)17-18(14)3/h10,12,16H,4-9H2,1-3H3,(H,19,20). The molecule has 0 unspecified atom stereocenters. The largest absolute Gasteiger partial charge is 0.477 e. The Balaban J connectivity index is 1.90. The molecule has 0 aromatic carbocycles. The van der Waals surface area contributed by atoms with Crippen LogP contribution in [0.15, 0.2) is 0 Å². The van der Waals surface area contributed by atoms with Crippen LogP contribution < -0.4 is 5.32 Å². The highest BCUT2D eigenvalue weighted by Gasteiger charge is 2.21. The SMILES string of the molecule is Cc1nn(C)c(NCCC2CCC(C)CC2)c1C(=O)O. The van der Waals surface area contributed by atoms with Gasteiger partial charge in [0.1, 0.15) is 11.4 Å². The van der Waals surface area contributed by atoms with Crippen molar-refractivity contribution >= 4 is 11.8 Å². The van der Waals surface area contributed by atoms with E-state index in [1.54, 1.807) is 18.7 Å². The summed E-state index contributed by atoms with van der Waals surface area (Å²) in [6.07, 6.45) is 6.37. The average molecular weight is 279 g/mol. The molecular formula is C15H25N3O2. The number of carboxylic acids is 1. The molecule has 0 amide bonds. The molecule has 1 aromatic heterocycles. The van der Waals surface area contributed by atoms with Crippen LogP contribution in [0.3, 0.4) is 0 Å². The molecule has 1 aliphatic rings. The van der Waals surface area contributed by atoms with Gasteiger partial charge in [-0.3, -0.25) is 4.68 Å². The predicted molar refractivity (Wildman–Crippen MR) is 79.1 cm³/mol. The van der Waals surface area contributed by atoms with E-state index in [4.69, 9.17) is 0 Å². The Morgan fingerprint density at radius 1 is 1.40 bits per heavy atom. The van der Waals surface area contributed by atoms with E-state index in [-0.39, 0.29) is 0 Å². The van der Waals surface area contributed by atoms with Crippen molar-refractivity contribution in [3.05, 3.63) is 11.3 Å². The lowest BCUT2D eigenvalue weighted by Gasteiger charge is -2.26. The second kappa shape index (κ2) is 6.29. The third kappa shape index (κ3) is 3.32. The van der Waals surface area contributed by atoms with Crippen molar-refractivity contribution < 1.29 is 9.90 Å². The van der Waals surface area contributed by atoms with E-state index in [1.165, 1.54) is 25.7 Å². The topological polar surface area (TPSA) is 67.2 Å². The van der Waals surface area contributed by atoms with E-state index in [2.05, 4.69) is 17.3 Å². The minimum Gasteiger partial charge on any atom is -0.477 e. The zero-order chi connectivity index (χ0) is 14.7. The van der Waals surface area contributed by atoms with Gasteiger partial charge in [0.15, 0.2) is 0 Å². The normalized spacial score (nSPS) is 22.8. The number of aromatic nitrogens is 2. The molecule has 112 valence electrons. The van der Waals surface area contributed by atoms with Crippen LogP contribution in [0.25, 0.3) is 0 Å². The Kier molecular flexibility index (Phi) is 4.68. The highest BCUT2D eigenvalue weighted by atomic mass is 16.4. The molecule has 1 fully saturated rings. The quantitative estimate of drug-likeness (QED) is 0.869. The van der Waals surface area contributed by atoms with Crippen molar-refractivity contribution in [2.24, 2.45) is 18.9 Å². The number of anilines is 1. The van der Waals surface area contributed by atoms with Crippen LogP contribution in [-0.2, 0) is 7.05 Å². The summed E-state index contributed by atoms with van der Waals surface area (Å²) in [4.78, 5) is 11.3. The number of aryl methyl sites for hydroxylation is 2. The molecule has 20 heavy (non-hydrogen) atoms. The zero-order valence-corrected chi connectivity index (χ0v) is 12.6. The lowest BCUT2D eigenvalue weighted by molar-refractivity contribution is 0.0697. The molecule has 0 aliphatic heterocycles. The molecule has 1 saturated carbocycles. The molecular weight excluding hydrogens is 254 g/mol. The van der Waals surface area contributed by atoms with Crippen molar-refractivity contribution in [2.75, 3.05) is 11.9 Å². The summed E-state index contributed by atoms with van der Waals surface area (Å²) in [6.45, 7) is 4.88. The molecule has 5 heteroatoms. The van der Waals surface area contributed by atoms with Gasteiger partial charge in [0.25, 0.3) is 0 Å². The van der Waals surface area contributed by atoms with Crippen molar-refractivity contribution in [1.82, 2.24) is 9.78 Å². The maximum absolute atomic E-state index is 11.3. The molecule has 5 nitrogen and oxygen atoms in total. The lowest BCUT2D eigenvalue weighted by Crippen LogP contribution is -2.17. The summed E-state index contributed by atoms with van der Waals surface area (Å²) in [5.41, 5.74) is 0.860. The van der Waals surface area contributed by atoms with Crippen LogP contribution in [0.2, 0.25) is 0 Å². The number of hydrogen-bond donors (Lipinski definition) is 2. The summed E-state index contributed by atoms with van der Waals surface area (Å²) < 4.78 is 1.63. The van der Waals surface area contributed by atoms with Crippen molar-refractivity contribution in [3.63, 3.8) is 0 Å². The van der Waals surface area contributed by atoms with Gasteiger partial charge in [0, 0.05) is 13.6 Å². The summed E-state index contributed by atoms with van der Waals surface area (Å²) in [5, 5.41) is 16.7. The first-order valence-electron chi connectivity index (χ1n) is 7.49.